The molecule has 0 saturated carbocycles. The van der Waals surface area contributed by atoms with Crippen LogP contribution < -0.4 is 20.7 Å². The van der Waals surface area contributed by atoms with E-state index in [0.29, 0.717) is 17.2 Å². The summed E-state index contributed by atoms with van der Waals surface area (Å²) >= 11 is 0. The first-order valence-corrected chi connectivity index (χ1v) is 16.0. The highest BCUT2D eigenvalue weighted by Gasteiger charge is 2.25. The van der Waals surface area contributed by atoms with Crippen LogP contribution in [0.5, 0.6) is 0 Å². The number of amides is 1. The Morgan fingerprint density at radius 2 is 1.72 bits per heavy atom. The average molecular weight is 585 g/mol. The molecule has 2 N–H and O–H groups in total. The molecule has 8 heteroatoms. The molecule has 1 aliphatic carbocycles. The molecular formula is C35H44N4O4. The van der Waals surface area contributed by atoms with E-state index in [1.165, 1.54) is 11.3 Å². The van der Waals surface area contributed by atoms with Crippen molar-refractivity contribution >= 4 is 17.3 Å². The predicted molar refractivity (Wildman–Crippen MR) is 171 cm³/mol. The number of hydrogen-bond donors (Lipinski definition) is 2. The van der Waals surface area contributed by atoms with E-state index in [4.69, 9.17) is 9.47 Å². The van der Waals surface area contributed by atoms with Crippen LogP contribution in [0.3, 0.4) is 0 Å². The Morgan fingerprint density at radius 1 is 1.00 bits per heavy atom. The summed E-state index contributed by atoms with van der Waals surface area (Å²) in [6, 6.07) is 13.3. The maximum absolute atomic E-state index is 13.9. The number of ether oxygens (including phenoxy) is 2. The first-order chi connectivity index (χ1) is 21.0. The molecule has 8 nitrogen and oxygen atoms in total. The number of fused-ring (bicyclic) bond motifs is 1. The molecule has 0 atom stereocenters. The number of aryl methyl sites for hydroxylation is 1. The number of aromatic nitrogens is 1. The van der Waals surface area contributed by atoms with E-state index >= 15 is 0 Å². The van der Waals surface area contributed by atoms with Gasteiger partial charge in [-0.25, -0.2) is 0 Å². The lowest BCUT2D eigenvalue weighted by molar-refractivity contribution is 0.0846. The van der Waals surface area contributed by atoms with E-state index in [1.807, 2.05) is 12.3 Å². The highest BCUT2D eigenvalue weighted by molar-refractivity contribution is 5.99. The monoisotopic (exact) mass is 584 g/mol. The fraction of sp³-hybridized carbons (Fsp3) is 0.486. The number of carbonyl (C=O) groups excluding carboxylic acids is 1. The second kappa shape index (κ2) is 13.3. The summed E-state index contributed by atoms with van der Waals surface area (Å²) < 4.78 is 11.2. The van der Waals surface area contributed by atoms with Gasteiger partial charge in [0.2, 0.25) is 0 Å². The minimum Gasteiger partial charge on any atom is -0.381 e. The average Bonchev–Trinajstić information content (AvgIpc) is 3.06. The third-order valence-corrected chi connectivity index (χ3v) is 9.44. The summed E-state index contributed by atoms with van der Waals surface area (Å²) in [4.78, 5) is 34.4. The van der Waals surface area contributed by atoms with Crippen molar-refractivity contribution in [2.75, 3.05) is 55.9 Å². The molecule has 2 saturated heterocycles. The van der Waals surface area contributed by atoms with Gasteiger partial charge in [-0.15, -0.1) is 0 Å². The lowest BCUT2D eigenvalue weighted by atomic mass is 9.90. The quantitative estimate of drug-likeness (QED) is 0.388. The van der Waals surface area contributed by atoms with Crippen molar-refractivity contribution in [1.29, 1.82) is 0 Å². The van der Waals surface area contributed by atoms with E-state index in [0.717, 1.165) is 113 Å². The summed E-state index contributed by atoms with van der Waals surface area (Å²) in [5.74, 6) is -0.152. The fourth-order valence-electron chi connectivity index (χ4n) is 6.97. The fourth-order valence-corrected chi connectivity index (χ4v) is 6.97. The van der Waals surface area contributed by atoms with Crippen LogP contribution in [0, 0.1) is 6.92 Å². The molecule has 3 aliphatic rings. The van der Waals surface area contributed by atoms with E-state index in [9.17, 15) is 9.59 Å². The molecule has 2 aliphatic heterocycles. The number of anilines is 2. The summed E-state index contributed by atoms with van der Waals surface area (Å²) in [5, 5.41) is 3.13. The molecule has 2 aromatic carbocycles. The molecule has 0 radical (unpaired) electrons. The lowest BCUT2D eigenvalue weighted by Gasteiger charge is -2.37. The van der Waals surface area contributed by atoms with Crippen molar-refractivity contribution in [3.05, 3.63) is 80.8 Å². The van der Waals surface area contributed by atoms with Crippen molar-refractivity contribution in [3.63, 3.8) is 0 Å². The molecule has 0 unspecified atom stereocenters. The standard InChI is InChI=1S/C35H44N4O4/c1-3-39(29-12-16-42-17-13-29)33-21-27(25-8-10-28(11-9-25)38-14-18-43-19-15-38)20-31(24(33)2)34(40)37-23-32-30-7-5-4-6-26(30)22-36-35(32)41/h8-11,20-22,29H,3-7,12-19,23H2,1-2H3,(H,36,41)(H,37,40). The largest absolute Gasteiger partial charge is 0.381 e. The van der Waals surface area contributed by atoms with Crippen LogP contribution in [0.2, 0.25) is 0 Å². The van der Waals surface area contributed by atoms with Gasteiger partial charge in [0, 0.05) is 74.1 Å². The number of rotatable bonds is 8. The van der Waals surface area contributed by atoms with Gasteiger partial charge in [-0.2, -0.15) is 0 Å². The van der Waals surface area contributed by atoms with Crippen LogP contribution in [0.25, 0.3) is 11.1 Å². The third-order valence-electron chi connectivity index (χ3n) is 9.44. The van der Waals surface area contributed by atoms with Crippen LogP contribution in [0.1, 0.15) is 65.2 Å². The van der Waals surface area contributed by atoms with Gasteiger partial charge < -0.3 is 29.6 Å². The molecule has 3 aromatic rings. The van der Waals surface area contributed by atoms with Gasteiger partial charge >= 0.3 is 0 Å². The second-order valence-electron chi connectivity index (χ2n) is 11.9. The van der Waals surface area contributed by atoms with E-state index in [1.54, 1.807) is 0 Å². The molecule has 2 fully saturated rings. The van der Waals surface area contributed by atoms with Crippen LogP contribution in [-0.2, 0) is 28.9 Å². The SMILES string of the molecule is CCN(c1cc(-c2ccc(N3CCOCC3)cc2)cc(C(=O)NCc2c3c(c[nH]c2=O)CCCC3)c1C)C1CCOCC1. The van der Waals surface area contributed by atoms with Gasteiger partial charge in [0.15, 0.2) is 0 Å². The Balaban J connectivity index is 1.33. The van der Waals surface area contributed by atoms with Crippen molar-refractivity contribution in [2.24, 2.45) is 0 Å². The maximum Gasteiger partial charge on any atom is 0.253 e. The zero-order chi connectivity index (χ0) is 29.8. The normalized spacial score (nSPS) is 17.4. The topological polar surface area (TPSA) is 86.9 Å². The van der Waals surface area contributed by atoms with Gasteiger partial charge in [0.25, 0.3) is 11.5 Å². The minimum absolute atomic E-state index is 0.107. The number of H-pyrrole nitrogens is 1. The highest BCUT2D eigenvalue weighted by atomic mass is 16.5. The van der Waals surface area contributed by atoms with Crippen molar-refractivity contribution < 1.29 is 14.3 Å². The van der Waals surface area contributed by atoms with Crippen molar-refractivity contribution in [3.8, 4) is 11.1 Å². The number of carbonyl (C=O) groups is 1. The number of nitrogens with zero attached hydrogens (tertiary/aromatic N) is 2. The van der Waals surface area contributed by atoms with E-state index < -0.39 is 0 Å². The molecule has 6 rings (SSSR count). The van der Waals surface area contributed by atoms with Crippen molar-refractivity contribution in [2.45, 2.75) is 65.0 Å². The summed E-state index contributed by atoms with van der Waals surface area (Å²) in [6.45, 7) is 10.1. The Kier molecular flexibility index (Phi) is 9.14. The third kappa shape index (κ3) is 6.36. The van der Waals surface area contributed by atoms with Gasteiger partial charge in [-0.1, -0.05) is 12.1 Å². The van der Waals surface area contributed by atoms with Gasteiger partial charge in [-0.3, -0.25) is 9.59 Å². The maximum atomic E-state index is 13.9. The predicted octanol–water partition coefficient (Wildman–Crippen LogP) is 5.00. The van der Waals surface area contributed by atoms with Crippen LogP contribution in [0.4, 0.5) is 11.4 Å². The number of aromatic amines is 1. The van der Waals surface area contributed by atoms with Crippen LogP contribution in [0.15, 0.2) is 47.4 Å². The molecule has 1 amide bonds. The molecular weight excluding hydrogens is 540 g/mol. The van der Waals surface area contributed by atoms with Gasteiger partial charge in [0.05, 0.1) is 13.2 Å². The Bertz CT molecular complexity index is 1490. The summed E-state index contributed by atoms with van der Waals surface area (Å²) in [5.41, 5.74) is 8.86. The Morgan fingerprint density at radius 3 is 2.47 bits per heavy atom. The van der Waals surface area contributed by atoms with Gasteiger partial charge in [0.1, 0.15) is 0 Å². The first kappa shape index (κ1) is 29.5. The molecule has 0 bridgehead atoms. The van der Waals surface area contributed by atoms with E-state index in [2.05, 4.69) is 64.3 Å². The highest BCUT2D eigenvalue weighted by Crippen LogP contribution is 2.35. The second-order valence-corrected chi connectivity index (χ2v) is 11.9. The van der Waals surface area contributed by atoms with Crippen LogP contribution in [-0.4, -0.2) is 63.0 Å². The number of hydrogen-bond acceptors (Lipinski definition) is 6. The first-order valence-electron chi connectivity index (χ1n) is 16.0. The molecule has 1 aromatic heterocycles. The van der Waals surface area contributed by atoms with Crippen molar-refractivity contribution in [1.82, 2.24) is 10.3 Å². The number of pyridine rings is 1. The van der Waals surface area contributed by atoms with E-state index in [-0.39, 0.29) is 18.0 Å². The molecule has 3 heterocycles. The lowest BCUT2D eigenvalue weighted by Crippen LogP contribution is -2.40. The minimum atomic E-state index is -0.152. The zero-order valence-electron chi connectivity index (χ0n) is 25.5. The Labute approximate surface area is 254 Å². The molecule has 228 valence electrons. The van der Waals surface area contributed by atoms with Crippen LogP contribution >= 0.6 is 0 Å². The zero-order valence-corrected chi connectivity index (χ0v) is 25.5. The Hall–Kier alpha value is -3.62. The number of morpholine rings is 1. The number of nitrogens with one attached hydrogen (secondary N) is 2. The molecule has 0 spiro atoms. The summed E-state index contributed by atoms with van der Waals surface area (Å²) in [7, 11) is 0. The molecule has 43 heavy (non-hydrogen) atoms. The summed E-state index contributed by atoms with van der Waals surface area (Å²) in [6.07, 6.45) is 7.85. The van der Waals surface area contributed by atoms with Gasteiger partial charge in [-0.05, 0) is 104 Å². The smallest absolute Gasteiger partial charge is 0.253 e. The number of benzene rings is 2.